The first-order valence-corrected chi connectivity index (χ1v) is 8.37. The van der Waals surface area contributed by atoms with Crippen LogP contribution >= 0.6 is 0 Å². The Morgan fingerprint density at radius 2 is 1.93 bits per heavy atom. The van der Waals surface area contributed by atoms with Crippen LogP contribution in [-0.2, 0) is 11.2 Å². The van der Waals surface area contributed by atoms with Crippen LogP contribution in [-0.4, -0.2) is 39.4 Å². The molecular weight excluding hydrogens is 348 g/mol. The van der Waals surface area contributed by atoms with Gasteiger partial charge in [0.25, 0.3) is 5.09 Å². The monoisotopic (exact) mass is 368 g/mol. The number of fused-ring (bicyclic) bond motifs is 1. The summed E-state index contributed by atoms with van der Waals surface area (Å²) in [6.07, 6.45) is 1.86. The van der Waals surface area contributed by atoms with E-state index in [9.17, 15) is 14.9 Å². The van der Waals surface area contributed by atoms with Crippen molar-refractivity contribution in [1.29, 1.82) is 0 Å². The normalized spacial score (nSPS) is 10.8. The van der Waals surface area contributed by atoms with Crippen molar-refractivity contribution in [2.45, 2.75) is 20.3 Å². The molecule has 0 bridgehead atoms. The van der Waals surface area contributed by atoms with Crippen molar-refractivity contribution in [3.8, 4) is 17.0 Å². The fourth-order valence-electron chi connectivity index (χ4n) is 2.81. The van der Waals surface area contributed by atoms with Gasteiger partial charge in [-0.25, -0.2) is 4.98 Å². The fraction of sp³-hybridized carbons (Fsp3) is 0.263. The predicted octanol–water partition coefficient (Wildman–Crippen LogP) is 2.82. The van der Waals surface area contributed by atoms with E-state index in [1.165, 1.54) is 11.0 Å². The number of likely N-dealkylation sites (N-methyl/N-ethyl adjacent to an activating group) is 1. The van der Waals surface area contributed by atoms with Crippen LogP contribution in [0, 0.1) is 24.0 Å². The van der Waals surface area contributed by atoms with Crippen LogP contribution in [0.3, 0.4) is 0 Å². The van der Waals surface area contributed by atoms with Gasteiger partial charge in [0.05, 0.1) is 17.8 Å². The smallest absolute Gasteiger partial charge is 0.299 e. The molecule has 0 aliphatic carbocycles. The Bertz CT molecular complexity index is 1020. The van der Waals surface area contributed by atoms with Crippen molar-refractivity contribution < 1.29 is 14.7 Å². The van der Waals surface area contributed by atoms with Gasteiger partial charge in [-0.1, -0.05) is 29.8 Å². The summed E-state index contributed by atoms with van der Waals surface area (Å²) in [6.45, 7) is 3.70. The Morgan fingerprint density at radius 1 is 1.26 bits per heavy atom. The number of hydrogen-bond donors (Lipinski definition) is 0. The molecule has 0 atom stereocenters. The third kappa shape index (κ3) is 3.74. The molecule has 140 valence electrons. The van der Waals surface area contributed by atoms with Crippen LogP contribution in [0.1, 0.15) is 16.8 Å². The summed E-state index contributed by atoms with van der Waals surface area (Å²) in [4.78, 5) is 33.9. The van der Waals surface area contributed by atoms with Gasteiger partial charge in [0.15, 0.2) is 0 Å². The zero-order valence-electron chi connectivity index (χ0n) is 15.6. The number of benzene rings is 1. The molecule has 0 saturated heterocycles. The Kier molecular flexibility index (Phi) is 4.81. The number of rotatable bonds is 5. The zero-order valence-corrected chi connectivity index (χ0v) is 15.6. The lowest BCUT2D eigenvalue weighted by Gasteiger charge is -2.12. The van der Waals surface area contributed by atoms with E-state index < -0.39 is 5.09 Å². The van der Waals surface area contributed by atoms with E-state index in [4.69, 9.17) is 0 Å². The Morgan fingerprint density at radius 3 is 2.52 bits per heavy atom. The average Bonchev–Trinajstić information content (AvgIpc) is 2.93. The number of hydrogen-bond acceptors (Lipinski definition) is 5. The first kappa shape index (κ1) is 18.4. The maximum atomic E-state index is 12.4. The van der Waals surface area contributed by atoms with Crippen molar-refractivity contribution in [3.05, 3.63) is 63.5 Å². The van der Waals surface area contributed by atoms with Gasteiger partial charge in [-0.15, -0.1) is 10.1 Å². The number of carbonyl (C=O) groups excluding carboxylic acids is 1. The van der Waals surface area contributed by atoms with Crippen LogP contribution in [0.5, 0.6) is 5.75 Å². The van der Waals surface area contributed by atoms with E-state index in [0.29, 0.717) is 16.9 Å². The molecule has 0 N–H and O–H groups in total. The minimum atomic E-state index is -0.848. The van der Waals surface area contributed by atoms with E-state index in [1.54, 1.807) is 31.6 Å². The van der Waals surface area contributed by atoms with Crippen LogP contribution in [0.2, 0.25) is 0 Å². The number of aryl methyl sites for hydroxylation is 2. The third-order valence-corrected chi connectivity index (χ3v) is 4.32. The van der Waals surface area contributed by atoms with Gasteiger partial charge < -0.3 is 9.30 Å². The Hall–Kier alpha value is -3.42. The van der Waals surface area contributed by atoms with E-state index in [2.05, 4.69) is 9.82 Å². The van der Waals surface area contributed by atoms with Gasteiger partial charge >= 0.3 is 0 Å². The Balaban J connectivity index is 2.20. The first-order chi connectivity index (χ1) is 12.8. The zero-order chi connectivity index (χ0) is 19.7. The highest BCUT2D eigenvalue weighted by atomic mass is 17.0. The van der Waals surface area contributed by atoms with Crippen LogP contribution in [0.25, 0.3) is 16.9 Å². The highest BCUT2D eigenvalue weighted by molar-refractivity contribution is 5.81. The topological polar surface area (TPSA) is 90.0 Å². The maximum Gasteiger partial charge on any atom is 0.299 e. The lowest BCUT2D eigenvalue weighted by molar-refractivity contribution is -0.711. The first-order valence-electron chi connectivity index (χ1n) is 8.37. The lowest BCUT2D eigenvalue weighted by Crippen LogP contribution is -2.24. The minimum Gasteiger partial charge on any atom is -0.348 e. The highest BCUT2D eigenvalue weighted by Gasteiger charge is 2.19. The summed E-state index contributed by atoms with van der Waals surface area (Å²) in [5.74, 6) is 0.0619. The van der Waals surface area contributed by atoms with E-state index >= 15 is 0 Å². The molecule has 3 rings (SSSR count). The number of aromatic nitrogens is 2. The molecule has 0 aliphatic heterocycles. The summed E-state index contributed by atoms with van der Waals surface area (Å²) in [6, 6.07) is 9.36. The largest absolute Gasteiger partial charge is 0.348 e. The molecule has 0 unspecified atom stereocenters. The molecule has 3 aromatic rings. The van der Waals surface area contributed by atoms with Gasteiger partial charge in [0.1, 0.15) is 11.4 Å². The predicted molar refractivity (Wildman–Crippen MR) is 100 cm³/mol. The molecule has 2 heterocycles. The van der Waals surface area contributed by atoms with E-state index in [0.717, 1.165) is 16.8 Å². The SMILES string of the molecule is Cc1ccc(-c2nc3cc(O[N+](=O)[O-])c(C)cn3c2CC(=O)N(C)C)cc1. The quantitative estimate of drug-likeness (QED) is 0.510. The summed E-state index contributed by atoms with van der Waals surface area (Å²) in [7, 11) is 3.40. The van der Waals surface area contributed by atoms with Crippen molar-refractivity contribution in [2.75, 3.05) is 14.1 Å². The second-order valence-corrected chi connectivity index (χ2v) is 6.60. The molecule has 2 aromatic heterocycles. The molecule has 0 saturated carbocycles. The fourth-order valence-corrected chi connectivity index (χ4v) is 2.81. The Labute approximate surface area is 156 Å². The molecule has 0 radical (unpaired) electrons. The van der Waals surface area contributed by atoms with Crippen LogP contribution in [0.15, 0.2) is 36.5 Å². The standard InChI is InChI=1S/C19H20N4O4/c1-12-5-7-14(8-6-12)19-15(9-18(24)21(3)4)22-11-13(2)16(27-23(25)26)10-17(22)20-19/h5-8,10-11H,9H2,1-4H3. The minimum absolute atomic E-state index is 0.0616. The highest BCUT2D eigenvalue weighted by Crippen LogP contribution is 2.29. The third-order valence-electron chi connectivity index (χ3n) is 4.32. The summed E-state index contributed by atoms with van der Waals surface area (Å²) in [5.41, 5.74) is 4.44. The van der Waals surface area contributed by atoms with Gasteiger partial charge in [-0.3, -0.25) is 9.63 Å². The molecule has 1 aromatic carbocycles. The average molecular weight is 368 g/mol. The maximum absolute atomic E-state index is 12.4. The van der Waals surface area contributed by atoms with Gasteiger partial charge in [-0.05, 0) is 19.4 Å². The number of pyridine rings is 1. The number of carbonyl (C=O) groups is 1. The summed E-state index contributed by atoms with van der Waals surface area (Å²) < 4.78 is 1.79. The summed E-state index contributed by atoms with van der Waals surface area (Å²) in [5, 5.41) is 9.86. The van der Waals surface area contributed by atoms with Crippen LogP contribution < -0.4 is 4.84 Å². The van der Waals surface area contributed by atoms with Gasteiger partial charge in [0, 0.05) is 31.9 Å². The second-order valence-electron chi connectivity index (χ2n) is 6.60. The number of nitrogens with zero attached hydrogens (tertiary/aromatic N) is 4. The van der Waals surface area contributed by atoms with Crippen LogP contribution in [0.4, 0.5) is 0 Å². The summed E-state index contributed by atoms with van der Waals surface area (Å²) >= 11 is 0. The van der Waals surface area contributed by atoms with Crippen molar-refractivity contribution in [3.63, 3.8) is 0 Å². The van der Waals surface area contributed by atoms with Gasteiger partial charge in [-0.2, -0.15) is 0 Å². The molecular formula is C19H20N4O4. The molecule has 0 aliphatic rings. The van der Waals surface area contributed by atoms with E-state index in [-0.39, 0.29) is 18.1 Å². The molecule has 27 heavy (non-hydrogen) atoms. The molecule has 0 fully saturated rings. The molecule has 8 nitrogen and oxygen atoms in total. The lowest BCUT2D eigenvalue weighted by atomic mass is 10.1. The number of amides is 1. The molecule has 0 spiro atoms. The van der Waals surface area contributed by atoms with Crippen molar-refractivity contribution in [1.82, 2.24) is 14.3 Å². The second kappa shape index (κ2) is 7.06. The van der Waals surface area contributed by atoms with E-state index in [1.807, 2.05) is 31.2 Å². The molecule has 8 heteroatoms. The van der Waals surface area contributed by atoms with Crippen molar-refractivity contribution >= 4 is 11.6 Å². The van der Waals surface area contributed by atoms with Gasteiger partial charge in [0.2, 0.25) is 5.91 Å². The number of imidazole rings is 1. The molecule has 1 amide bonds. The van der Waals surface area contributed by atoms with Crippen molar-refractivity contribution in [2.24, 2.45) is 0 Å².